The van der Waals surface area contributed by atoms with Crippen molar-refractivity contribution in [2.75, 3.05) is 26.4 Å². The molecule has 0 spiro atoms. The van der Waals surface area contributed by atoms with Gasteiger partial charge in [0.05, 0.1) is 68.9 Å². The van der Waals surface area contributed by atoms with Gasteiger partial charge in [-0.2, -0.15) is 0 Å². The topological polar surface area (TPSA) is 480 Å². The van der Waals surface area contributed by atoms with Gasteiger partial charge in [0, 0.05) is 81.5 Å². The zero-order chi connectivity index (χ0) is 106. The van der Waals surface area contributed by atoms with Gasteiger partial charge in [-0.25, -0.2) is 4.79 Å². The lowest BCUT2D eigenvalue weighted by Gasteiger charge is -2.22. The largest absolute Gasteiger partial charge is 0.550 e. The highest BCUT2D eigenvalue weighted by Crippen LogP contribution is 2.28. The van der Waals surface area contributed by atoms with Crippen LogP contribution in [0.15, 0.2) is 218 Å². The van der Waals surface area contributed by atoms with E-state index >= 15 is 0 Å². The molecule has 776 valence electrons. The van der Waals surface area contributed by atoms with Gasteiger partial charge in [0.1, 0.15) is 11.8 Å². The van der Waals surface area contributed by atoms with Gasteiger partial charge in [-0.3, -0.25) is 67.1 Å². The standard InChI is InChI=1S/C31H41NO6.C28H32N2O7.2C24H29NO5.C6H13NO2/c1-5-38-31(37)22(4)18-27(19-23-11-13-25(14-12-23)24-9-7-6-8-10-24)32-29(34)16-15-28(33)20-26(30(35)36)17-21(2)3;1-3-36-28(35)19(2)17-23(18-20-9-11-22(12-10-20)21-7-5-4-6-8-21)29-24(31)13-16-27(34)37-30-25(32)14-15-26(30)33;2*1-3-30-24(29)17(2)15-21(25-22(26)13-14-23(27)28)16-18-9-11-20(12-10-18)19-7-5-4-6-8-19;1-4(2)3-5(7)6(8)9/h6-14,21-22,26-27H,5,15-20H2,1-4H3,(H,32,34)(H,35,36);4-12,19,23H,3,13-18H2,1-2H3,(H,29,31);2*4-12,17,21H,3,13-16H2,1-2H3,(H,25,26)(H,27,28);4-5H,3,7H2,1-2H3,(H,8,9)/p-1/t22-,26-,27+;19-,23+;2*17-,21+;5-/m11110/s1. The van der Waals surface area contributed by atoms with Gasteiger partial charge < -0.3 is 76.0 Å². The molecule has 0 aromatic heterocycles. The number of nitrogens with one attached hydrogen (secondary N) is 4. The molecular weight excluding hydrogens is 1840 g/mol. The summed E-state index contributed by atoms with van der Waals surface area (Å²) in [6, 6.07) is 70.2. The average molecular weight is 1990 g/mol. The van der Waals surface area contributed by atoms with Crippen molar-refractivity contribution in [2.45, 2.75) is 248 Å². The van der Waals surface area contributed by atoms with Gasteiger partial charge in [0.15, 0.2) is 0 Å². The number of ketones is 1. The van der Waals surface area contributed by atoms with E-state index in [1.165, 1.54) is 0 Å². The summed E-state index contributed by atoms with van der Waals surface area (Å²) in [6.07, 6.45) is 3.20. The maximum Gasteiger partial charge on any atom is 0.333 e. The van der Waals surface area contributed by atoms with Crippen molar-refractivity contribution in [1.29, 1.82) is 0 Å². The van der Waals surface area contributed by atoms with Crippen LogP contribution in [0.25, 0.3) is 44.5 Å². The Morgan fingerprint density at radius 2 is 0.590 bits per heavy atom. The minimum atomic E-state index is -1.27. The molecule has 1 aliphatic rings. The molecule has 144 heavy (non-hydrogen) atoms. The maximum absolute atomic E-state index is 12.8. The molecule has 1 saturated heterocycles. The number of nitrogens with two attached hydrogens (primary N) is 1. The number of carbonyl (C=O) groups excluding carboxylic acids is 13. The SMILES string of the molecule is CC(C)C[C@H](N)C(=O)O.CCOC(=O)[C@H](C)C[C@@H](Cc1ccc(-c2ccccc2)cc1)NC(=O)CCC(=O)C[C@@H](CC(C)C)C(=O)O.CCOC(=O)[C@H](C)C[C@@H](Cc1ccc(-c2ccccc2)cc1)NC(=O)CCC(=O)O.CCOC(=O)[C@H](C)C[C@@H](Cc1ccc(-c2ccccc2)cc1)NC(=O)CCC(=O)ON1C(=O)CCC1=O.CCOC(=O)[C@H](C)C[C@@H](Cc1ccc(-c2ccccc2)cc1)NC(=O)CCC(=O)[O-]. The Bertz CT molecular complexity index is 5200. The highest BCUT2D eigenvalue weighted by atomic mass is 16.7. The van der Waals surface area contributed by atoms with Crippen LogP contribution in [-0.2, 0) is 126 Å². The summed E-state index contributed by atoms with van der Waals surface area (Å²) in [5, 5.41) is 49.2. The molecule has 31 heteroatoms. The number of hydroxylamine groups is 2. The number of carboxylic acid groups (broad SMARTS) is 4. The Morgan fingerprint density at radius 3 is 0.826 bits per heavy atom. The second kappa shape index (κ2) is 65.7. The molecule has 8 aromatic carbocycles. The molecule has 1 aliphatic heterocycles. The number of carboxylic acids is 4. The molecule has 0 unspecified atom stereocenters. The third kappa shape index (κ3) is 47.9. The van der Waals surface area contributed by atoms with Gasteiger partial charge in [-0.1, -0.05) is 274 Å². The first kappa shape index (κ1) is 120. The number of benzene rings is 8. The molecule has 9 rings (SSSR count). The van der Waals surface area contributed by atoms with Crippen LogP contribution in [0.2, 0.25) is 0 Å². The molecule has 1 fully saturated rings. The summed E-state index contributed by atoms with van der Waals surface area (Å²) >= 11 is 0. The van der Waals surface area contributed by atoms with E-state index in [0.29, 0.717) is 88.4 Å². The Balaban J connectivity index is 0.000000329. The number of nitrogens with zero attached hydrogens (tertiary/aromatic N) is 1. The first-order valence-electron chi connectivity index (χ1n) is 49.3. The zero-order valence-electron chi connectivity index (χ0n) is 84.7. The fraction of sp³-hybridized carbons (Fsp3) is 0.434. The Hall–Kier alpha value is -14.4. The van der Waals surface area contributed by atoms with Crippen LogP contribution in [0.1, 0.15) is 214 Å². The number of esters is 4. The van der Waals surface area contributed by atoms with E-state index in [1.807, 2.05) is 246 Å². The lowest BCUT2D eigenvalue weighted by molar-refractivity contribution is -0.305. The first-order chi connectivity index (χ1) is 68.6. The molecule has 0 aliphatic carbocycles. The summed E-state index contributed by atoms with van der Waals surface area (Å²) in [5.74, 6) is -10.9. The normalized spacial score (nSPS) is 13.4. The number of hydrogen-bond acceptors (Lipinski definition) is 23. The molecule has 9 N–H and O–H groups in total. The molecule has 10 atom stereocenters. The van der Waals surface area contributed by atoms with Gasteiger partial charge in [0.25, 0.3) is 11.8 Å². The van der Waals surface area contributed by atoms with Crippen LogP contribution in [-0.4, -0.2) is 172 Å². The van der Waals surface area contributed by atoms with Crippen molar-refractivity contribution < 1.29 is 121 Å². The number of imide groups is 1. The van der Waals surface area contributed by atoms with Crippen molar-refractivity contribution in [1.82, 2.24) is 26.3 Å². The molecule has 31 nitrogen and oxygen atoms in total. The number of Topliss-reactive ketones (excluding diaryl/α,β-unsaturated/α-hetero) is 1. The maximum atomic E-state index is 12.8. The molecule has 8 aromatic rings. The molecule has 6 amide bonds. The van der Waals surface area contributed by atoms with Crippen LogP contribution in [0.4, 0.5) is 0 Å². The number of ether oxygens (including phenoxy) is 4. The van der Waals surface area contributed by atoms with Crippen LogP contribution in [0.3, 0.4) is 0 Å². The molecule has 0 bridgehead atoms. The van der Waals surface area contributed by atoms with Crippen molar-refractivity contribution >= 4 is 95.0 Å². The highest BCUT2D eigenvalue weighted by Gasteiger charge is 2.34. The van der Waals surface area contributed by atoms with Crippen molar-refractivity contribution in [3.05, 3.63) is 241 Å². The summed E-state index contributed by atoms with van der Waals surface area (Å²) in [7, 11) is 0. The smallest absolute Gasteiger partial charge is 0.333 e. The zero-order valence-corrected chi connectivity index (χ0v) is 84.7. The van der Waals surface area contributed by atoms with E-state index < -0.39 is 71.4 Å². The van der Waals surface area contributed by atoms with E-state index in [0.717, 1.165) is 66.8 Å². The number of hydrogen-bond donors (Lipinski definition) is 8. The number of aliphatic carboxylic acids is 4. The van der Waals surface area contributed by atoms with Gasteiger partial charge in [-0.05, 0) is 177 Å². The minimum absolute atomic E-state index is 0.000737. The lowest BCUT2D eigenvalue weighted by Crippen LogP contribution is -2.39. The predicted molar refractivity (Wildman–Crippen MR) is 544 cm³/mol. The van der Waals surface area contributed by atoms with Crippen LogP contribution in [0, 0.1) is 41.4 Å². The van der Waals surface area contributed by atoms with E-state index in [1.54, 1.807) is 55.4 Å². The van der Waals surface area contributed by atoms with Gasteiger partial charge >= 0.3 is 47.8 Å². The van der Waals surface area contributed by atoms with Crippen LogP contribution >= 0.6 is 0 Å². The van der Waals surface area contributed by atoms with Crippen LogP contribution in [0.5, 0.6) is 0 Å². The fourth-order valence-electron chi connectivity index (χ4n) is 15.7. The predicted octanol–water partition coefficient (Wildman–Crippen LogP) is 15.6. The van der Waals surface area contributed by atoms with Crippen molar-refractivity contribution in [2.24, 2.45) is 47.2 Å². The van der Waals surface area contributed by atoms with Crippen molar-refractivity contribution in [3.8, 4) is 44.5 Å². The van der Waals surface area contributed by atoms with Crippen molar-refractivity contribution in [3.63, 3.8) is 0 Å². The summed E-state index contributed by atoms with van der Waals surface area (Å²) in [5.41, 5.74) is 18.0. The van der Waals surface area contributed by atoms with E-state index in [2.05, 4.69) is 21.3 Å². The van der Waals surface area contributed by atoms with E-state index in [9.17, 15) is 86.9 Å². The Kier molecular flexibility index (Phi) is 54.8. The minimum Gasteiger partial charge on any atom is -0.550 e. The van der Waals surface area contributed by atoms with E-state index in [4.69, 9.17) is 39.7 Å². The first-order valence-corrected chi connectivity index (χ1v) is 49.3. The van der Waals surface area contributed by atoms with Crippen LogP contribution < -0.4 is 32.1 Å². The third-order valence-electron chi connectivity index (χ3n) is 23.1. The van der Waals surface area contributed by atoms with Gasteiger partial charge in [0.2, 0.25) is 23.6 Å². The quantitative estimate of drug-likeness (QED) is 0.00997. The number of carbonyl (C=O) groups is 16. The highest BCUT2D eigenvalue weighted by molar-refractivity contribution is 6.02. The second-order valence-corrected chi connectivity index (χ2v) is 36.5. The third-order valence-corrected chi connectivity index (χ3v) is 23.1. The van der Waals surface area contributed by atoms with E-state index in [-0.39, 0.29) is 173 Å². The molecule has 1 heterocycles. The Labute approximate surface area is 844 Å². The molecular formula is C113H143N6O25-. The number of amides is 6. The molecule has 0 saturated carbocycles. The summed E-state index contributed by atoms with van der Waals surface area (Å²) in [6.45, 7) is 22.9. The summed E-state index contributed by atoms with van der Waals surface area (Å²) < 4.78 is 20.4. The molecule has 0 radical (unpaired) electrons. The second-order valence-electron chi connectivity index (χ2n) is 36.5. The number of rotatable bonds is 53. The summed E-state index contributed by atoms with van der Waals surface area (Å²) in [4.78, 5) is 194. The van der Waals surface area contributed by atoms with Gasteiger partial charge in [-0.15, -0.1) is 5.06 Å². The average Bonchev–Trinajstić information content (AvgIpc) is 1.29. The lowest BCUT2D eigenvalue weighted by atomic mass is 9.91. The Morgan fingerprint density at radius 1 is 0.333 bits per heavy atom. The monoisotopic (exact) mass is 1980 g/mol. The fourth-order valence-corrected chi connectivity index (χ4v) is 15.7.